The minimum absolute atomic E-state index is 0.382. The Morgan fingerprint density at radius 2 is 1.00 bits per heavy atom. The summed E-state index contributed by atoms with van der Waals surface area (Å²) in [5.41, 5.74) is 0. The Balaban J connectivity index is 4.54. The lowest BCUT2D eigenvalue weighted by atomic mass is 10.2. The maximum absolute atomic E-state index is 11.6. The molecule has 0 radical (unpaired) electrons. The number of hydrogen-bond acceptors (Lipinski definition) is 4. The van der Waals surface area contributed by atoms with E-state index in [1.807, 2.05) is 0 Å². The molecule has 10 nitrogen and oxygen atoms in total. The summed E-state index contributed by atoms with van der Waals surface area (Å²) in [5.74, 6) is -1.53. The molecule has 0 saturated heterocycles. The molecule has 12 heteroatoms. The van der Waals surface area contributed by atoms with Crippen molar-refractivity contribution in [1.82, 2.24) is 10.6 Å². The molecule has 0 atom stereocenters. The van der Waals surface area contributed by atoms with Crippen molar-refractivity contribution in [3.8, 4) is 0 Å². The molecule has 0 fully saturated rings. The quantitative estimate of drug-likeness (QED) is 0.339. The molecule has 0 spiro atoms. The van der Waals surface area contributed by atoms with Crippen LogP contribution in [0.2, 0.25) is 0 Å². The largest absolute Gasteiger partial charge is 0.350 e. The first-order valence-electron chi connectivity index (χ1n) is 6.23. The molecule has 0 aromatic heterocycles. The van der Waals surface area contributed by atoms with Crippen LogP contribution in [0, 0.1) is 0 Å². The average Bonchev–Trinajstić information content (AvgIpc) is 2.21. The van der Waals surface area contributed by atoms with Crippen LogP contribution in [0.5, 0.6) is 0 Å². The van der Waals surface area contributed by atoms with Gasteiger partial charge >= 0.3 is 15.2 Å². The SMILES string of the molecule is CC(C)(NC(=O)CCC(=O)NC(C)(C)P(=O)(O)O)P(=O)(O)O. The molecule has 0 rings (SSSR count). The van der Waals surface area contributed by atoms with E-state index in [9.17, 15) is 18.7 Å². The number of nitrogens with one attached hydrogen (secondary N) is 2. The van der Waals surface area contributed by atoms with Gasteiger partial charge in [0.2, 0.25) is 11.8 Å². The summed E-state index contributed by atoms with van der Waals surface area (Å²) >= 11 is 0. The standard InChI is InChI=1S/C10H22N2O8P2/c1-9(2,21(15,16)17)11-7(13)5-6-8(14)12-10(3,4)22(18,19)20/h5-6H2,1-4H3,(H,11,13)(H,12,14)(H2,15,16,17)(H2,18,19,20). The molecule has 0 saturated carbocycles. The van der Waals surface area contributed by atoms with Crippen molar-refractivity contribution < 1.29 is 38.3 Å². The summed E-state index contributed by atoms with van der Waals surface area (Å²) < 4.78 is 22.3. The first-order valence-corrected chi connectivity index (χ1v) is 9.45. The Labute approximate surface area is 128 Å². The Morgan fingerprint density at radius 1 is 0.773 bits per heavy atom. The number of hydrogen-bond donors (Lipinski definition) is 6. The van der Waals surface area contributed by atoms with Crippen LogP contribution < -0.4 is 10.6 Å². The number of rotatable bonds is 7. The fourth-order valence-corrected chi connectivity index (χ4v) is 1.72. The lowest BCUT2D eigenvalue weighted by Crippen LogP contribution is -2.45. The van der Waals surface area contributed by atoms with Crippen LogP contribution in [0.25, 0.3) is 0 Å². The van der Waals surface area contributed by atoms with Gasteiger partial charge in [-0.3, -0.25) is 18.7 Å². The van der Waals surface area contributed by atoms with Crippen molar-refractivity contribution in [3.63, 3.8) is 0 Å². The number of carbonyl (C=O) groups excluding carboxylic acids is 2. The highest BCUT2D eigenvalue weighted by Crippen LogP contribution is 2.48. The number of amides is 2. The monoisotopic (exact) mass is 360 g/mol. The predicted molar refractivity (Wildman–Crippen MR) is 77.8 cm³/mol. The van der Waals surface area contributed by atoms with Gasteiger partial charge in [-0.05, 0) is 27.7 Å². The van der Waals surface area contributed by atoms with E-state index in [1.54, 1.807) is 0 Å². The van der Waals surface area contributed by atoms with Gasteiger partial charge in [-0.2, -0.15) is 0 Å². The summed E-state index contributed by atoms with van der Waals surface area (Å²) in [6, 6.07) is 0. The van der Waals surface area contributed by atoms with Crippen molar-refractivity contribution in [1.29, 1.82) is 0 Å². The molecular weight excluding hydrogens is 338 g/mol. The zero-order chi connectivity index (χ0) is 18.0. The molecule has 2 amide bonds. The zero-order valence-electron chi connectivity index (χ0n) is 12.7. The van der Waals surface area contributed by atoms with E-state index in [-0.39, 0.29) is 12.8 Å². The van der Waals surface area contributed by atoms with E-state index in [0.717, 1.165) is 27.7 Å². The minimum Gasteiger partial charge on any atom is -0.340 e. The highest BCUT2D eigenvalue weighted by atomic mass is 31.2. The second-order valence-electron chi connectivity index (χ2n) is 5.80. The van der Waals surface area contributed by atoms with Crippen molar-refractivity contribution >= 4 is 27.0 Å². The second kappa shape index (κ2) is 6.78. The van der Waals surface area contributed by atoms with Crippen molar-refractivity contribution in [3.05, 3.63) is 0 Å². The second-order valence-corrected chi connectivity index (χ2v) is 10.2. The maximum Gasteiger partial charge on any atom is 0.350 e. The summed E-state index contributed by atoms with van der Waals surface area (Å²) in [6.45, 7) is 4.57. The first-order chi connectivity index (χ1) is 9.49. The van der Waals surface area contributed by atoms with Crippen molar-refractivity contribution in [2.24, 2.45) is 0 Å². The Bertz CT molecular complexity index is 485. The average molecular weight is 360 g/mol. The Hall–Kier alpha value is -0.760. The van der Waals surface area contributed by atoms with Crippen LogP contribution in [0.3, 0.4) is 0 Å². The molecule has 22 heavy (non-hydrogen) atoms. The van der Waals surface area contributed by atoms with Crippen LogP contribution in [-0.4, -0.2) is 41.9 Å². The van der Waals surface area contributed by atoms with Gasteiger partial charge in [0.1, 0.15) is 10.6 Å². The van der Waals surface area contributed by atoms with Gasteiger partial charge < -0.3 is 30.2 Å². The summed E-state index contributed by atoms with van der Waals surface area (Å²) in [4.78, 5) is 59.3. The smallest absolute Gasteiger partial charge is 0.340 e. The third-order valence-corrected chi connectivity index (χ3v) is 6.06. The summed E-state index contributed by atoms with van der Waals surface area (Å²) in [6.07, 6.45) is -0.765. The van der Waals surface area contributed by atoms with Crippen LogP contribution >= 0.6 is 15.2 Å². The van der Waals surface area contributed by atoms with Crippen LogP contribution in [0.4, 0.5) is 0 Å². The van der Waals surface area contributed by atoms with E-state index in [1.165, 1.54) is 0 Å². The van der Waals surface area contributed by atoms with Crippen molar-refractivity contribution in [2.45, 2.75) is 51.1 Å². The molecular formula is C10H22N2O8P2. The van der Waals surface area contributed by atoms with E-state index < -0.39 is 37.6 Å². The van der Waals surface area contributed by atoms with Gasteiger partial charge in [-0.25, -0.2) is 0 Å². The normalized spacial score (nSPS) is 13.6. The molecule has 0 aliphatic rings. The minimum atomic E-state index is -4.56. The van der Waals surface area contributed by atoms with Crippen LogP contribution in [0.15, 0.2) is 0 Å². The molecule has 6 N–H and O–H groups in total. The molecule has 0 aliphatic carbocycles. The summed E-state index contributed by atoms with van der Waals surface area (Å²) in [5, 5.41) is 0.674. The van der Waals surface area contributed by atoms with Crippen molar-refractivity contribution in [2.75, 3.05) is 0 Å². The van der Waals surface area contributed by atoms with Crippen LogP contribution in [0.1, 0.15) is 40.5 Å². The molecule has 0 heterocycles. The highest BCUT2D eigenvalue weighted by Gasteiger charge is 2.40. The third-order valence-electron chi connectivity index (χ3n) is 2.93. The molecule has 0 aromatic carbocycles. The fourth-order valence-electron chi connectivity index (χ4n) is 1.18. The Kier molecular flexibility index (Phi) is 6.55. The Morgan fingerprint density at radius 3 is 1.18 bits per heavy atom. The van der Waals surface area contributed by atoms with Gasteiger partial charge in [-0.1, -0.05) is 0 Å². The molecule has 0 bridgehead atoms. The maximum atomic E-state index is 11.6. The zero-order valence-corrected chi connectivity index (χ0v) is 14.5. The highest BCUT2D eigenvalue weighted by molar-refractivity contribution is 7.53. The van der Waals surface area contributed by atoms with E-state index >= 15 is 0 Å². The van der Waals surface area contributed by atoms with Gasteiger partial charge in [0.25, 0.3) is 0 Å². The van der Waals surface area contributed by atoms with E-state index in [2.05, 4.69) is 10.6 Å². The lowest BCUT2D eigenvalue weighted by Gasteiger charge is -2.28. The molecule has 130 valence electrons. The van der Waals surface area contributed by atoms with Gasteiger partial charge in [0.05, 0.1) is 0 Å². The lowest BCUT2D eigenvalue weighted by molar-refractivity contribution is -0.127. The molecule has 0 aliphatic heterocycles. The summed E-state index contributed by atoms with van der Waals surface area (Å²) in [7, 11) is -9.12. The van der Waals surface area contributed by atoms with Gasteiger partial charge in [-0.15, -0.1) is 0 Å². The first kappa shape index (κ1) is 21.2. The third kappa shape index (κ3) is 6.16. The van der Waals surface area contributed by atoms with E-state index in [4.69, 9.17) is 19.6 Å². The molecule has 0 unspecified atom stereocenters. The van der Waals surface area contributed by atoms with Crippen LogP contribution in [-0.2, 0) is 18.7 Å². The van der Waals surface area contributed by atoms with Gasteiger partial charge in [0, 0.05) is 12.8 Å². The van der Waals surface area contributed by atoms with Gasteiger partial charge in [0.15, 0.2) is 0 Å². The number of carbonyl (C=O) groups is 2. The molecule has 0 aromatic rings. The topological polar surface area (TPSA) is 173 Å². The van der Waals surface area contributed by atoms with E-state index in [0.29, 0.717) is 0 Å². The fraction of sp³-hybridized carbons (Fsp3) is 0.800. The predicted octanol–water partition coefficient (Wildman–Crippen LogP) is -0.173.